The molecule has 5 nitrogen and oxygen atoms in total. The van der Waals surface area contributed by atoms with Gasteiger partial charge in [0, 0.05) is 51.5 Å². The Labute approximate surface area is 162 Å². The van der Waals surface area contributed by atoms with E-state index in [1.807, 2.05) is 0 Å². The molecule has 1 saturated heterocycles. The molecule has 0 radical (unpaired) electrons. The minimum atomic E-state index is 0. The molecule has 1 aromatic carbocycles. The molecule has 2 heterocycles. The Kier molecular flexibility index (Phi) is 8.66. The summed E-state index contributed by atoms with van der Waals surface area (Å²) in [5.41, 5.74) is 1.36. The van der Waals surface area contributed by atoms with Crippen LogP contribution in [0.3, 0.4) is 0 Å². The summed E-state index contributed by atoms with van der Waals surface area (Å²) in [6, 6.07) is 10.8. The fraction of sp³-hybridized carbons (Fsp3) is 0.611. The van der Waals surface area contributed by atoms with E-state index in [1.54, 1.807) is 0 Å². The third kappa shape index (κ3) is 6.12. The molecule has 134 valence electrons. The quantitative estimate of drug-likeness (QED) is 0.523. The van der Waals surface area contributed by atoms with E-state index in [-0.39, 0.29) is 24.0 Å². The van der Waals surface area contributed by atoms with Crippen molar-refractivity contribution in [1.29, 1.82) is 0 Å². The molecule has 2 aliphatic rings. The molecule has 1 aromatic rings. The highest BCUT2D eigenvalue weighted by Crippen LogP contribution is 2.15. The topological polar surface area (TPSA) is 42.9 Å². The van der Waals surface area contributed by atoms with Crippen LogP contribution >= 0.6 is 24.0 Å². The summed E-state index contributed by atoms with van der Waals surface area (Å²) in [5, 5.41) is 6.70. The van der Waals surface area contributed by atoms with Gasteiger partial charge in [0.25, 0.3) is 0 Å². The number of hydrogen-bond acceptors (Lipinski definition) is 5. The van der Waals surface area contributed by atoms with Gasteiger partial charge in [-0.2, -0.15) is 0 Å². The second-order valence-electron chi connectivity index (χ2n) is 6.31. The third-order valence-corrected chi connectivity index (χ3v) is 4.58. The predicted octanol–water partition coefficient (Wildman–Crippen LogP) is 2.15. The fourth-order valence-electron chi connectivity index (χ4n) is 3.19. The van der Waals surface area contributed by atoms with Crippen molar-refractivity contribution in [3.63, 3.8) is 0 Å². The molecule has 0 spiro atoms. The zero-order chi connectivity index (χ0) is 15.7. The number of aliphatic imine (C=N–C) groups is 1. The van der Waals surface area contributed by atoms with E-state index in [0.717, 1.165) is 45.1 Å². The van der Waals surface area contributed by atoms with Crippen LogP contribution in [0, 0.1) is 0 Å². The normalized spacial score (nSPS) is 18.3. The number of hydrogen-bond donors (Lipinski definition) is 2. The molecule has 24 heavy (non-hydrogen) atoms. The van der Waals surface area contributed by atoms with Gasteiger partial charge < -0.3 is 15.5 Å². The van der Waals surface area contributed by atoms with E-state index in [1.165, 1.54) is 38.2 Å². The van der Waals surface area contributed by atoms with Crippen LogP contribution in [0.5, 0.6) is 0 Å². The Bertz CT molecular complexity index is 485. The van der Waals surface area contributed by atoms with Crippen molar-refractivity contribution in [2.75, 3.05) is 57.3 Å². The fourth-order valence-corrected chi connectivity index (χ4v) is 3.19. The molecule has 0 aliphatic carbocycles. The summed E-state index contributed by atoms with van der Waals surface area (Å²) < 4.78 is 0. The maximum atomic E-state index is 4.43. The van der Waals surface area contributed by atoms with Crippen molar-refractivity contribution in [2.45, 2.75) is 19.3 Å². The number of rotatable bonds is 6. The van der Waals surface area contributed by atoms with Crippen LogP contribution in [0.4, 0.5) is 5.69 Å². The average Bonchev–Trinajstić information content (AvgIpc) is 2.64. The third-order valence-electron chi connectivity index (χ3n) is 4.58. The summed E-state index contributed by atoms with van der Waals surface area (Å²) in [7, 11) is 0. The predicted molar refractivity (Wildman–Crippen MR) is 113 cm³/mol. The lowest BCUT2D eigenvalue weighted by molar-refractivity contribution is 0.253. The van der Waals surface area contributed by atoms with Crippen molar-refractivity contribution in [3.05, 3.63) is 30.3 Å². The van der Waals surface area contributed by atoms with Crippen LogP contribution in [-0.2, 0) is 0 Å². The summed E-state index contributed by atoms with van der Waals surface area (Å²) in [6.07, 6.45) is 3.62. The largest absolute Gasteiger partial charge is 0.369 e. The molecule has 2 N–H and O–H groups in total. The smallest absolute Gasteiger partial charge is 0.191 e. The zero-order valence-electron chi connectivity index (χ0n) is 14.4. The van der Waals surface area contributed by atoms with Crippen LogP contribution < -0.4 is 15.5 Å². The average molecular weight is 443 g/mol. The number of guanidine groups is 1. The molecule has 0 amide bonds. The number of benzene rings is 1. The minimum Gasteiger partial charge on any atom is -0.369 e. The highest BCUT2D eigenvalue weighted by molar-refractivity contribution is 14.0. The van der Waals surface area contributed by atoms with E-state index >= 15 is 0 Å². The van der Waals surface area contributed by atoms with Crippen molar-refractivity contribution >= 4 is 35.6 Å². The first kappa shape index (κ1) is 19.3. The summed E-state index contributed by atoms with van der Waals surface area (Å²) >= 11 is 0. The second-order valence-corrected chi connectivity index (χ2v) is 6.31. The molecule has 6 heteroatoms. The van der Waals surface area contributed by atoms with Gasteiger partial charge in [0.05, 0.1) is 0 Å². The molecule has 3 rings (SSSR count). The highest BCUT2D eigenvalue weighted by Gasteiger charge is 2.16. The molecule has 0 bridgehead atoms. The van der Waals surface area contributed by atoms with Gasteiger partial charge in [-0.3, -0.25) is 9.89 Å². The van der Waals surface area contributed by atoms with Crippen molar-refractivity contribution in [1.82, 2.24) is 15.5 Å². The lowest BCUT2D eigenvalue weighted by Gasteiger charge is -2.36. The Morgan fingerprint density at radius 3 is 2.54 bits per heavy atom. The molecular formula is C18H30IN5. The number of anilines is 1. The van der Waals surface area contributed by atoms with Crippen molar-refractivity contribution < 1.29 is 0 Å². The number of nitrogens with one attached hydrogen (secondary N) is 2. The van der Waals surface area contributed by atoms with Crippen LogP contribution in [0.2, 0.25) is 0 Å². The molecule has 2 aliphatic heterocycles. The van der Waals surface area contributed by atoms with Gasteiger partial charge >= 0.3 is 0 Å². The molecule has 0 atom stereocenters. The van der Waals surface area contributed by atoms with Gasteiger partial charge in [-0.1, -0.05) is 18.2 Å². The summed E-state index contributed by atoms with van der Waals surface area (Å²) in [4.78, 5) is 9.52. The van der Waals surface area contributed by atoms with Crippen molar-refractivity contribution in [2.24, 2.45) is 4.99 Å². The summed E-state index contributed by atoms with van der Waals surface area (Å²) in [5.74, 6) is 0.993. The van der Waals surface area contributed by atoms with Crippen LogP contribution in [0.15, 0.2) is 35.3 Å². The van der Waals surface area contributed by atoms with E-state index in [9.17, 15) is 0 Å². The number of nitrogens with zero attached hydrogens (tertiary/aromatic N) is 3. The number of halogens is 1. The second kappa shape index (κ2) is 10.8. The van der Waals surface area contributed by atoms with Crippen LogP contribution in [0.1, 0.15) is 19.3 Å². The number of piperazine rings is 1. The van der Waals surface area contributed by atoms with E-state index < -0.39 is 0 Å². The Morgan fingerprint density at radius 1 is 1.04 bits per heavy atom. The first-order chi connectivity index (χ1) is 11.4. The van der Waals surface area contributed by atoms with Gasteiger partial charge in [0.1, 0.15) is 0 Å². The maximum Gasteiger partial charge on any atom is 0.191 e. The summed E-state index contributed by atoms with van der Waals surface area (Å²) in [6.45, 7) is 8.89. The maximum absolute atomic E-state index is 4.43. The zero-order valence-corrected chi connectivity index (χ0v) is 16.7. The van der Waals surface area contributed by atoms with Crippen molar-refractivity contribution in [3.8, 4) is 0 Å². The lowest BCUT2D eigenvalue weighted by atomic mass is 10.2. The van der Waals surface area contributed by atoms with Gasteiger partial charge in [-0.15, -0.1) is 24.0 Å². The molecule has 0 aromatic heterocycles. The van der Waals surface area contributed by atoms with Gasteiger partial charge in [0.2, 0.25) is 0 Å². The number of para-hydroxylation sites is 1. The first-order valence-corrected chi connectivity index (χ1v) is 8.96. The Hall–Kier alpha value is -1.02. The van der Waals surface area contributed by atoms with Gasteiger partial charge in [0.15, 0.2) is 5.96 Å². The number of unbranched alkanes of at least 4 members (excludes halogenated alkanes) is 1. The van der Waals surface area contributed by atoms with E-state index in [2.05, 4.69) is 55.8 Å². The van der Waals surface area contributed by atoms with Gasteiger partial charge in [-0.25, -0.2) is 0 Å². The Morgan fingerprint density at radius 2 is 1.83 bits per heavy atom. The minimum absolute atomic E-state index is 0. The first-order valence-electron chi connectivity index (χ1n) is 8.96. The molecular weight excluding hydrogens is 413 g/mol. The highest BCUT2D eigenvalue weighted by atomic mass is 127. The SMILES string of the molecule is I.c1ccc(N2CCN(CCCCNC3=NCCCN3)CC2)cc1. The van der Waals surface area contributed by atoms with E-state index in [0.29, 0.717) is 0 Å². The molecule has 0 unspecified atom stereocenters. The molecule has 1 fully saturated rings. The van der Waals surface area contributed by atoms with Crippen LogP contribution in [-0.4, -0.2) is 63.2 Å². The Balaban J connectivity index is 0.00000208. The monoisotopic (exact) mass is 443 g/mol. The lowest BCUT2D eigenvalue weighted by Crippen LogP contribution is -2.46. The standard InChI is InChI=1S/C18H29N5.HI/c1-2-7-17(8-3-1)23-15-13-22(14-16-23)12-5-4-9-19-18-20-10-6-11-21-18;/h1-3,7-8H,4-6,9-16H2,(H2,19,20,21);1H. The molecule has 0 saturated carbocycles. The van der Waals surface area contributed by atoms with Crippen LogP contribution in [0.25, 0.3) is 0 Å². The van der Waals surface area contributed by atoms with E-state index in [4.69, 9.17) is 0 Å². The van der Waals surface area contributed by atoms with Gasteiger partial charge in [-0.05, 0) is 37.9 Å².